The molecule has 0 heterocycles. The van der Waals surface area contributed by atoms with Crippen molar-refractivity contribution in [2.45, 2.75) is 26.7 Å². The normalized spacial score (nSPS) is 15.7. The number of hydrogen-bond donors (Lipinski definition) is 7. The van der Waals surface area contributed by atoms with Crippen molar-refractivity contribution in [1.82, 2.24) is 0 Å². The van der Waals surface area contributed by atoms with Gasteiger partial charge in [0.15, 0.2) is 0 Å². The molecule has 87 heavy (non-hydrogen) atoms. The van der Waals surface area contributed by atoms with E-state index in [4.69, 9.17) is 122 Å². The Morgan fingerprint density at radius 1 is 0.230 bits per heavy atom. The van der Waals surface area contributed by atoms with Crippen LogP contribution in [-0.4, -0.2) is 299 Å². The lowest BCUT2D eigenvalue weighted by Gasteiger charge is -2.18. The summed E-state index contributed by atoms with van der Waals surface area (Å²) < 4.78 is 182. The lowest BCUT2D eigenvalue weighted by Crippen LogP contribution is -2.15. The van der Waals surface area contributed by atoms with Gasteiger partial charge in [0.05, 0.1) is 258 Å². The van der Waals surface area contributed by atoms with Crippen LogP contribution in [0, 0.1) is 11.8 Å². The van der Waals surface area contributed by atoms with Gasteiger partial charge in [0.1, 0.15) is 0 Å². The molecule has 36 nitrogen and oxygen atoms in total. The van der Waals surface area contributed by atoms with Crippen LogP contribution in [0.2, 0.25) is 0 Å². The Labute approximate surface area is 509 Å². The summed E-state index contributed by atoms with van der Waals surface area (Å²) in [5.41, 5.74) is 0. The zero-order chi connectivity index (χ0) is 64.3. The average Bonchev–Trinajstić information content (AvgIpc) is 3.60. The van der Waals surface area contributed by atoms with E-state index in [9.17, 15) is 42.4 Å². The summed E-state index contributed by atoms with van der Waals surface area (Å²) in [4.78, 5) is 56.5. The third kappa shape index (κ3) is 65.8. The van der Waals surface area contributed by atoms with E-state index in [0.717, 1.165) is 0 Å². The zero-order valence-corrected chi connectivity index (χ0v) is 54.5. The third-order valence-electron chi connectivity index (χ3n) is 10.2. The lowest BCUT2D eigenvalue weighted by molar-refractivity contribution is -0.0178. The van der Waals surface area contributed by atoms with Crippen molar-refractivity contribution >= 4 is 39.1 Å². The number of ether oxygens (including phenoxy) is 15. The molecule has 0 rings (SSSR count). The maximum Gasteiger partial charge on any atom is 0.472 e. The monoisotopic (exact) mass is 1380 g/mol. The van der Waals surface area contributed by atoms with E-state index < -0.39 is 45.0 Å². The molecule has 0 aromatic carbocycles. The minimum absolute atomic E-state index is 0.00725. The van der Waals surface area contributed by atoms with E-state index in [2.05, 4.69) is 4.52 Å². The summed E-state index contributed by atoms with van der Waals surface area (Å²) in [6.07, 6.45) is 0.988. The van der Waals surface area contributed by atoms with Crippen molar-refractivity contribution in [2.75, 3.05) is 264 Å². The molecule has 0 amide bonds. The second-order valence-corrected chi connectivity index (χ2v) is 24.2. The van der Waals surface area contributed by atoms with Gasteiger partial charge in [-0.3, -0.25) is 40.7 Å². The number of aliphatic hydroxyl groups is 1. The van der Waals surface area contributed by atoms with E-state index in [0.29, 0.717) is 98.7 Å². The second-order valence-electron chi connectivity index (χ2n) is 17.2. The van der Waals surface area contributed by atoms with E-state index >= 15 is 0 Å². The maximum atomic E-state index is 12.0. The molecule has 6 unspecified atom stereocenters. The Morgan fingerprint density at radius 2 is 0.379 bits per heavy atom. The van der Waals surface area contributed by atoms with Crippen molar-refractivity contribution in [1.29, 1.82) is 0 Å². The molecule has 0 aromatic rings. The fraction of sp³-hybridized carbons (Fsp3) is 1.00. The van der Waals surface area contributed by atoms with E-state index in [1.807, 2.05) is 6.92 Å². The minimum atomic E-state index is -4.66. The summed E-state index contributed by atoms with van der Waals surface area (Å²) in [7, 11) is -21.8. The highest BCUT2D eigenvalue weighted by Crippen LogP contribution is 2.46. The van der Waals surface area contributed by atoms with Crippen LogP contribution in [0.3, 0.4) is 0 Å². The summed E-state index contributed by atoms with van der Waals surface area (Å²) in [6, 6.07) is 0. The predicted octanol–water partition coefficient (Wildman–Crippen LogP) is 1.92. The van der Waals surface area contributed by atoms with E-state index in [1.54, 1.807) is 6.92 Å². The molecular formula is C46H99O36P5. The van der Waals surface area contributed by atoms with Gasteiger partial charge in [-0.05, 0) is 12.8 Å². The van der Waals surface area contributed by atoms with Gasteiger partial charge in [-0.25, -0.2) is 22.8 Å². The average molecular weight is 1380 g/mol. The van der Waals surface area contributed by atoms with E-state index in [-0.39, 0.29) is 184 Å². The summed E-state index contributed by atoms with van der Waals surface area (Å²) in [5, 5.41) is 9.11. The fourth-order valence-corrected chi connectivity index (χ4v) is 8.88. The second kappa shape index (κ2) is 59.6. The molecular weight excluding hydrogens is 1280 g/mol. The smallest absolute Gasteiger partial charge is 0.396 e. The van der Waals surface area contributed by atoms with E-state index in [1.165, 1.54) is 0 Å². The topological polar surface area (TPSA) is 448 Å². The highest BCUT2D eigenvalue weighted by molar-refractivity contribution is 7.48. The molecule has 0 saturated heterocycles. The molecule has 0 fully saturated rings. The first-order valence-corrected chi connectivity index (χ1v) is 35.7. The predicted molar refractivity (Wildman–Crippen MR) is 302 cm³/mol. The summed E-state index contributed by atoms with van der Waals surface area (Å²) >= 11 is 0. The number of aliphatic hydroxyl groups excluding tert-OH is 1. The molecule has 0 aromatic heterocycles. The number of rotatable bonds is 72. The molecule has 7 N–H and O–H groups in total. The Bertz CT molecular complexity index is 1760. The molecule has 524 valence electrons. The van der Waals surface area contributed by atoms with Crippen LogP contribution in [0.25, 0.3) is 0 Å². The molecule has 0 radical (unpaired) electrons. The van der Waals surface area contributed by atoms with Crippen molar-refractivity contribution in [3.8, 4) is 0 Å². The molecule has 6 atom stereocenters. The molecule has 0 aliphatic heterocycles. The van der Waals surface area contributed by atoms with Gasteiger partial charge in [0, 0.05) is 18.4 Å². The Kier molecular flexibility index (Phi) is 59.6. The highest BCUT2D eigenvalue weighted by atomic mass is 31.2. The largest absolute Gasteiger partial charge is 0.472 e. The van der Waals surface area contributed by atoms with Crippen molar-refractivity contribution in [2.24, 2.45) is 11.8 Å². The van der Waals surface area contributed by atoms with Crippen LogP contribution in [0.5, 0.6) is 0 Å². The molecule has 0 aliphatic rings. The van der Waals surface area contributed by atoms with Crippen molar-refractivity contribution in [3.63, 3.8) is 0 Å². The SMILES string of the molecule is CCC(CO)COP(=O)(O)OCCOCCOCCOCCOCCOCCOP(=O)(O)OCCOCCOCCOCCOCCOCCOP(=O)(O)OCCOCCOCCOCCOCCOCCOP(=O)(O)OCC(CC)COP(=O)(O)O. The Balaban J connectivity index is 3.43. The van der Waals surface area contributed by atoms with Gasteiger partial charge in [0.25, 0.3) is 0 Å². The van der Waals surface area contributed by atoms with Crippen LogP contribution in [0.4, 0.5) is 0 Å². The van der Waals surface area contributed by atoms with Crippen LogP contribution in [0.1, 0.15) is 26.7 Å². The Morgan fingerprint density at radius 3 is 0.540 bits per heavy atom. The maximum absolute atomic E-state index is 12.0. The first kappa shape index (κ1) is 86.9. The van der Waals surface area contributed by atoms with Gasteiger partial charge in [0.2, 0.25) is 0 Å². The fourth-order valence-electron chi connectivity index (χ4n) is 5.55. The standard InChI is InChI=1S/C46H99O36P5/c1-3-45(41-47)42-81-86(55,56)78-39-33-72-27-21-66-15-9-60-7-13-64-19-25-70-31-37-76-84(51,52)74-35-29-68-23-17-62-11-5-59-6-12-63-18-24-69-30-36-75-85(53,54)77-38-32-71-26-20-65-14-8-61-10-16-67-22-28-73-34-40-79-87(57,58)82-44-46(4-2)43-80-83(48,49)50/h45-47H,3-44H2,1-2H3,(H,51,52)(H,53,54)(H,55,56)(H,57,58)(H2,48,49,50). The van der Waals surface area contributed by atoms with Crippen molar-refractivity contribution in [3.05, 3.63) is 0 Å². The highest BCUT2D eigenvalue weighted by Gasteiger charge is 2.26. The van der Waals surface area contributed by atoms with Gasteiger partial charge < -0.3 is 106 Å². The van der Waals surface area contributed by atoms with Gasteiger partial charge in [-0.2, -0.15) is 0 Å². The van der Waals surface area contributed by atoms with Crippen LogP contribution >= 0.6 is 39.1 Å². The van der Waals surface area contributed by atoms with Gasteiger partial charge in [-0.1, -0.05) is 13.8 Å². The van der Waals surface area contributed by atoms with Gasteiger partial charge >= 0.3 is 39.1 Å². The first-order chi connectivity index (χ1) is 41.8. The number of phosphoric ester groups is 5. The van der Waals surface area contributed by atoms with Crippen LogP contribution in [-0.2, 0) is 135 Å². The first-order valence-electron chi connectivity index (χ1n) is 28.2. The molecule has 41 heteroatoms. The van der Waals surface area contributed by atoms with Crippen LogP contribution < -0.4 is 0 Å². The lowest BCUT2D eigenvalue weighted by atomic mass is 10.1. The summed E-state index contributed by atoms with van der Waals surface area (Å²) in [5.74, 6) is -0.763. The van der Waals surface area contributed by atoms with Crippen molar-refractivity contribution < 1.29 is 169 Å². The van der Waals surface area contributed by atoms with Crippen LogP contribution in [0.15, 0.2) is 0 Å². The molecule has 0 bridgehead atoms. The van der Waals surface area contributed by atoms with Gasteiger partial charge in [-0.15, -0.1) is 0 Å². The zero-order valence-electron chi connectivity index (χ0n) is 50.1. The quantitative estimate of drug-likeness (QED) is 0.0338. The molecule has 0 aliphatic carbocycles. The molecule has 0 spiro atoms. The minimum Gasteiger partial charge on any atom is -0.396 e. The summed E-state index contributed by atoms with van der Waals surface area (Å²) in [6.45, 7) is 8.50. The third-order valence-corrected chi connectivity index (χ3v) is 14.7. The number of hydrogen-bond acceptors (Lipinski definition) is 30. The molecule has 0 saturated carbocycles. The Hall–Kier alpha value is -0.0900. The number of phosphoric acid groups is 5.